The lowest BCUT2D eigenvalue weighted by Crippen LogP contribution is -2.28. The van der Waals surface area contributed by atoms with E-state index in [-0.39, 0.29) is 29.9 Å². The smallest absolute Gasteiger partial charge is 0.329 e. The second kappa shape index (κ2) is 8.48. The van der Waals surface area contributed by atoms with Gasteiger partial charge in [-0.25, -0.2) is 14.8 Å². The molecule has 0 radical (unpaired) electrons. The Hall–Kier alpha value is -3.24. The second-order valence-electron chi connectivity index (χ2n) is 7.11. The van der Waals surface area contributed by atoms with Crippen molar-refractivity contribution < 1.29 is 4.79 Å². The van der Waals surface area contributed by atoms with E-state index < -0.39 is 11.2 Å². The molecule has 0 bridgehead atoms. The van der Waals surface area contributed by atoms with E-state index in [1.165, 1.54) is 23.0 Å². The molecular weight excluding hydrogens is 440 g/mol. The zero-order chi connectivity index (χ0) is 22.1. The van der Waals surface area contributed by atoms with Crippen LogP contribution < -0.4 is 16.6 Å². The fourth-order valence-corrected chi connectivity index (χ4v) is 4.21. The van der Waals surface area contributed by atoms with Crippen LogP contribution in [0.4, 0.5) is 5.13 Å². The SMILES string of the molecule is Cc1cccc(Cc2cnc(NC(=O)CCc3nc4c([nH]3)c(=O)[nH]c(=O)n4C)s2)c1Cl. The normalized spacial score (nSPS) is 11.2. The summed E-state index contributed by atoms with van der Waals surface area (Å²) in [5.41, 5.74) is 1.41. The van der Waals surface area contributed by atoms with Crippen molar-refractivity contribution in [3.05, 3.63) is 72.1 Å². The minimum atomic E-state index is -0.542. The molecular formula is C20H19ClN6O3S. The van der Waals surface area contributed by atoms with Gasteiger partial charge in [0.2, 0.25) is 5.91 Å². The van der Waals surface area contributed by atoms with Gasteiger partial charge in [-0.2, -0.15) is 0 Å². The highest BCUT2D eigenvalue weighted by Crippen LogP contribution is 2.26. The highest BCUT2D eigenvalue weighted by Gasteiger charge is 2.13. The molecule has 11 heteroatoms. The fourth-order valence-electron chi connectivity index (χ4n) is 3.16. The van der Waals surface area contributed by atoms with E-state index in [1.54, 1.807) is 6.20 Å². The molecule has 0 saturated carbocycles. The second-order valence-corrected chi connectivity index (χ2v) is 8.60. The number of nitrogens with zero attached hydrogens (tertiary/aromatic N) is 3. The molecule has 0 unspecified atom stereocenters. The highest BCUT2D eigenvalue weighted by molar-refractivity contribution is 7.15. The quantitative estimate of drug-likeness (QED) is 0.409. The van der Waals surface area contributed by atoms with Crippen molar-refractivity contribution in [3.63, 3.8) is 0 Å². The number of aromatic nitrogens is 5. The number of aryl methyl sites for hydroxylation is 3. The lowest BCUT2D eigenvalue weighted by atomic mass is 10.1. The Morgan fingerprint density at radius 3 is 2.90 bits per heavy atom. The number of anilines is 1. The number of rotatable bonds is 6. The van der Waals surface area contributed by atoms with Gasteiger partial charge in [0.25, 0.3) is 5.56 Å². The number of H-pyrrole nitrogens is 2. The summed E-state index contributed by atoms with van der Waals surface area (Å²) in [6.07, 6.45) is 2.79. The number of hydrogen-bond donors (Lipinski definition) is 3. The van der Waals surface area contributed by atoms with Crippen molar-refractivity contribution in [2.45, 2.75) is 26.2 Å². The Morgan fingerprint density at radius 1 is 1.29 bits per heavy atom. The zero-order valence-electron chi connectivity index (χ0n) is 16.8. The van der Waals surface area contributed by atoms with Crippen molar-refractivity contribution in [3.8, 4) is 0 Å². The third kappa shape index (κ3) is 4.44. The molecule has 0 aliphatic carbocycles. The van der Waals surface area contributed by atoms with Gasteiger partial charge < -0.3 is 10.3 Å². The molecule has 0 aliphatic rings. The number of carbonyl (C=O) groups excluding carboxylic acids is 1. The molecule has 0 atom stereocenters. The number of aromatic amines is 2. The first-order valence-corrected chi connectivity index (χ1v) is 10.7. The van der Waals surface area contributed by atoms with Crippen molar-refractivity contribution in [2.75, 3.05) is 5.32 Å². The summed E-state index contributed by atoms with van der Waals surface area (Å²) in [6, 6.07) is 5.90. The van der Waals surface area contributed by atoms with Crippen LogP contribution in [0.25, 0.3) is 11.2 Å². The summed E-state index contributed by atoms with van der Waals surface area (Å²) in [5.74, 6) is 0.225. The van der Waals surface area contributed by atoms with Crippen molar-refractivity contribution >= 4 is 45.1 Å². The van der Waals surface area contributed by atoms with Gasteiger partial charge in [0, 0.05) is 42.4 Å². The van der Waals surface area contributed by atoms with Crippen LogP contribution in [0.5, 0.6) is 0 Å². The number of benzene rings is 1. The maximum atomic E-state index is 12.3. The summed E-state index contributed by atoms with van der Waals surface area (Å²) in [7, 11) is 1.52. The lowest BCUT2D eigenvalue weighted by molar-refractivity contribution is -0.116. The van der Waals surface area contributed by atoms with Crippen LogP contribution in [-0.2, 0) is 24.7 Å². The summed E-state index contributed by atoms with van der Waals surface area (Å²) in [4.78, 5) is 50.5. The van der Waals surface area contributed by atoms with Gasteiger partial charge in [0.05, 0.1) is 0 Å². The minimum absolute atomic E-state index is 0.143. The van der Waals surface area contributed by atoms with Crippen LogP contribution in [0.3, 0.4) is 0 Å². The molecule has 3 aromatic heterocycles. The van der Waals surface area contributed by atoms with E-state index in [2.05, 4.69) is 25.3 Å². The molecule has 3 N–H and O–H groups in total. The third-order valence-electron chi connectivity index (χ3n) is 4.83. The lowest BCUT2D eigenvalue weighted by Gasteiger charge is -2.04. The van der Waals surface area contributed by atoms with Crippen LogP contribution in [0.1, 0.15) is 28.2 Å². The predicted molar refractivity (Wildman–Crippen MR) is 120 cm³/mol. The third-order valence-corrected chi connectivity index (χ3v) is 6.28. The molecule has 3 heterocycles. The van der Waals surface area contributed by atoms with Gasteiger partial charge in [-0.15, -0.1) is 11.3 Å². The topological polar surface area (TPSA) is 126 Å². The first-order chi connectivity index (χ1) is 14.8. The minimum Gasteiger partial charge on any atom is -0.336 e. The van der Waals surface area contributed by atoms with Gasteiger partial charge in [-0.3, -0.25) is 19.1 Å². The van der Waals surface area contributed by atoms with E-state index in [9.17, 15) is 14.4 Å². The Labute approximate surface area is 185 Å². The number of thiazole rings is 1. The number of halogens is 1. The monoisotopic (exact) mass is 458 g/mol. The molecule has 4 rings (SSSR count). The van der Waals surface area contributed by atoms with Crippen LogP contribution in [-0.4, -0.2) is 30.4 Å². The first-order valence-electron chi connectivity index (χ1n) is 9.48. The van der Waals surface area contributed by atoms with Crippen LogP contribution in [0, 0.1) is 6.92 Å². The van der Waals surface area contributed by atoms with Gasteiger partial charge in [-0.1, -0.05) is 29.8 Å². The van der Waals surface area contributed by atoms with Crippen LogP contribution >= 0.6 is 22.9 Å². The van der Waals surface area contributed by atoms with Crippen LogP contribution in [0.2, 0.25) is 5.02 Å². The average molecular weight is 459 g/mol. The van der Waals surface area contributed by atoms with E-state index in [1.807, 2.05) is 25.1 Å². The zero-order valence-corrected chi connectivity index (χ0v) is 18.4. The number of imidazole rings is 1. The number of nitrogens with one attached hydrogen (secondary N) is 3. The van der Waals surface area contributed by atoms with E-state index >= 15 is 0 Å². The van der Waals surface area contributed by atoms with Crippen molar-refractivity contribution in [1.82, 2.24) is 24.5 Å². The first kappa shape index (κ1) is 21.0. The molecule has 1 amide bonds. The molecule has 4 aromatic rings. The van der Waals surface area contributed by atoms with Crippen molar-refractivity contribution in [1.29, 1.82) is 0 Å². The maximum absolute atomic E-state index is 12.3. The summed E-state index contributed by atoms with van der Waals surface area (Å²) < 4.78 is 1.24. The predicted octanol–water partition coefficient (Wildman–Crippen LogP) is 2.53. The van der Waals surface area contributed by atoms with Crippen molar-refractivity contribution in [2.24, 2.45) is 7.05 Å². The van der Waals surface area contributed by atoms with E-state index in [0.29, 0.717) is 17.4 Å². The molecule has 0 aliphatic heterocycles. The number of amides is 1. The molecule has 0 spiro atoms. The highest BCUT2D eigenvalue weighted by atomic mass is 35.5. The van der Waals surface area contributed by atoms with Gasteiger partial charge >= 0.3 is 5.69 Å². The van der Waals surface area contributed by atoms with E-state index in [0.717, 1.165) is 21.0 Å². The Kier molecular flexibility index (Phi) is 5.75. The largest absolute Gasteiger partial charge is 0.336 e. The number of carbonyl (C=O) groups is 1. The Balaban J connectivity index is 1.39. The average Bonchev–Trinajstić information content (AvgIpc) is 3.35. The fraction of sp³-hybridized carbons (Fsp3) is 0.250. The Morgan fingerprint density at radius 2 is 2.10 bits per heavy atom. The van der Waals surface area contributed by atoms with E-state index in [4.69, 9.17) is 11.6 Å². The summed E-state index contributed by atoms with van der Waals surface area (Å²) >= 11 is 7.75. The maximum Gasteiger partial charge on any atom is 0.329 e. The summed E-state index contributed by atoms with van der Waals surface area (Å²) in [5, 5.41) is 4.03. The number of hydrogen-bond acceptors (Lipinski definition) is 6. The molecule has 160 valence electrons. The molecule has 0 saturated heterocycles. The van der Waals surface area contributed by atoms with Crippen LogP contribution in [0.15, 0.2) is 34.0 Å². The molecule has 1 aromatic carbocycles. The van der Waals surface area contributed by atoms with Gasteiger partial charge in [0.15, 0.2) is 10.8 Å². The van der Waals surface area contributed by atoms with Gasteiger partial charge in [-0.05, 0) is 18.1 Å². The number of fused-ring (bicyclic) bond motifs is 1. The molecule has 31 heavy (non-hydrogen) atoms. The molecule has 9 nitrogen and oxygen atoms in total. The molecule has 0 fully saturated rings. The summed E-state index contributed by atoms with van der Waals surface area (Å²) in [6.45, 7) is 1.96. The van der Waals surface area contributed by atoms with Gasteiger partial charge in [0.1, 0.15) is 11.3 Å². The Bertz CT molecular complexity index is 1400. The standard InChI is InChI=1S/C20H19ClN6O3S/c1-10-4-3-5-11(15(10)21)8-12-9-22-19(31-12)25-14(28)7-6-13-23-16-17(24-13)27(2)20(30)26-18(16)29/h3-5,9H,6-8H2,1-2H3,(H,23,24)(H,22,25,28)(H,26,29,30).